The summed E-state index contributed by atoms with van der Waals surface area (Å²) in [6, 6.07) is 6.85. The van der Waals surface area contributed by atoms with Crippen LogP contribution in [-0.4, -0.2) is 42.0 Å². The number of rotatable bonds is 3. The Morgan fingerprint density at radius 1 is 1.17 bits per heavy atom. The van der Waals surface area contributed by atoms with Gasteiger partial charge >= 0.3 is 12.1 Å². The van der Waals surface area contributed by atoms with Crippen molar-refractivity contribution in [3.05, 3.63) is 34.3 Å². The Kier molecular flexibility index (Phi) is 5.67. The lowest BCUT2D eigenvalue weighted by Gasteiger charge is -2.32. The van der Waals surface area contributed by atoms with Gasteiger partial charge in [-0.25, -0.2) is 0 Å². The quantitative estimate of drug-likeness (QED) is 0.859. The molecule has 0 spiro atoms. The largest absolute Gasteiger partial charge is 0.471 e. The minimum Gasteiger partial charge on any atom is -0.345 e. The van der Waals surface area contributed by atoms with Gasteiger partial charge in [-0.3, -0.25) is 9.59 Å². The Balaban J connectivity index is 1.81. The van der Waals surface area contributed by atoms with Gasteiger partial charge in [0.05, 0.1) is 6.42 Å². The summed E-state index contributed by atoms with van der Waals surface area (Å²) in [6.45, 7) is 0.691. The molecule has 0 aliphatic carbocycles. The van der Waals surface area contributed by atoms with E-state index in [4.69, 9.17) is 0 Å². The number of nitrogens with one attached hydrogen (secondary N) is 1. The molecule has 1 saturated heterocycles. The summed E-state index contributed by atoms with van der Waals surface area (Å²) in [5.41, 5.74) is 0.880. The number of alkyl halides is 3. The molecule has 0 atom stereocenters. The second-order valence-corrected chi connectivity index (χ2v) is 6.35. The molecule has 0 unspecified atom stereocenters. The highest BCUT2D eigenvalue weighted by Gasteiger charge is 2.40. The van der Waals surface area contributed by atoms with Gasteiger partial charge in [0.15, 0.2) is 0 Å². The molecular formula is C15H16BrF3N2O2. The molecule has 23 heavy (non-hydrogen) atoms. The first-order chi connectivity index (χ1) is 10.8. The summed E-state index contributed by atoms with van der Waals surface area (Å²) in [4.78, 5) is 24.7. The second kappa shape index (κ2) is 7.33. The highest BCUT2D eigenvalue weighted by Crippen LogP contribution is 2.18. The van der Waals surface area contributed by atoms with Crippen molar-refractivity contribution in [1.82, 2.24) is 10.2 Å². The molecule has 4 nitrogen and oxygen atoms in total. The van der Waals surface area contributed by atoms with E-state index in [2.05, 4.69) is 15.9 Å². The number of likely N-dealkylation sites (tertiary alicyclic amines) is 1. The fraction of sp³-hybridized carbons (Fsp3) is 0.467. The van der Waals surface area contributed by atoms with Gasteiger partial charge < -0.3 is 10.2 Å². The van der Waals surface area contributed by atoms with E-state index in [0.29, 0.717) is 25.9 Å². The van der Waals surface area contributed by atoms with Crippen molar-refractivity contribution in [2.75, 3.05) is 13.1 Å². The van der Waals surface area contributed by atoms with Crippen LogP contribution in [0.5, 0.6) is 0 Å². The number of piperidine rings is 1. The summed E-state index contributed by atoms with van der Waals surface area (Å²) in [7, 11) is 0. The summed E-state index contributed by atoms with van der Waals surface area (Å²) in [5.74, 6) is -1.98. The number of hydrogen-bond acceptors (Lipinski definition) is 2. The summed E-state index contributed by atoms with van der Waals surface area (Å²) in [6.07, 6.45) is -3.96. The maximum absolute atomic E-state index is 12.2. The first-order valence-electron chi connectivity index (χ1n) is 7.15. The monoisotopic (exact) mass is 392 g/mol. The molecule has 1 aliphatic heterocycles. The van der Waals surface area contributed by atoms with Gasteiger partial charge in [-0.2, -0.15) is 13.2 Å². The zero-order chi connectivity index (χ0) is 17.0. The average molecular weight is 393 g/mol. The molecule has 1 aromatic rings. The lowest BCUT2D eigenvalue weighted by molar-refractivity contribution is -0.174. The van der Waals surface area contributed by atoms with Gasteiger partial charge in [0, 0.05) is 23.6 Å². The van der Waals surface area contributed by atoms with Crippen molar-refractivity contribution >= 4 is 27.7 Å². The number of nitrogens with zero attached hydrogens (tertiary/aromatic N) is 1. The zero-order valence-electron chi connectivity index (χ0n) is 12.2. The SMILES string of the molecule is O=C(Cc1ccc(Br)cc1)N1CCC(NC(=O)C(F)(F)F)CC1. The fourth-order valence-corrected chi connectivity index (χ4v) is 2.69. The van der Waals surface area contributed by atoms with Crippen molar-refractivity contribution in [1.29, 1.82) is 0 Å². The van der Waals surface area contributed by atoms with E-state index in [1.807, 2.05) is 29.6 Å². The van der Waals surface area contributed by atoms with Gasteiger partial charge in [0.2, 0.25) is 5.91 Å². The minimum absolute atomic E-state index is 0.0621. The molecule has 2 rings (SSSR count). The summed E-state index contributed by atoms with van der Waals surface area (Å²) in [5, 5.41) is 1.97. The van der Waals surface area contributed by atoms with Crippen molar-refractivity contribution in [3.63, 3.8) is 0 Å². The number of halogens is 4. The van der Waals surface area contributed by atoms with Gasteiger partial charge in [0.25, 0.3) is 0 Å². The molecule has 126 valence electrons. The molecule has 0 radical (unpaired) electrons. The van der Waals surface area contributed by atoms with E-state index < -0.39 is 18.1 Å². The van der Waals surface area contributed by atoms with Crippen molar-refractivity contribution in [2.45, 2.75) is 31.5 Å². The van der Waals surface area contributed by atoms with Crippen LogP contribution in [0.1, 0.15) is 18.4 Å². The second-order valence-electron chi connectivity index (χ2n) is 5.43. The van der Waals surface area contributed by atoms with Crippen LogP contribution in [-0.2, 0) is 16.0 Å². The van der Waals surface area contributed by atoms with Crippen LogP contribution >= 0.6 is 15.9 Å². The third kappa shape index (κ3) is 5.23. The van der Waals surface area contributed by atoms with Crippen LogP contribution in [0, 0.1) is 0 Å². The number of hydrogen-bond donors (Lipinski definition) is 1. The maximum atomic E-state index is 12.2. The van der Waals surface area contributed by atoms with Crippen LogP contribution in [0.3, 0.4) is 0 Å². The maximum Gasteiger partial charge on any atom is 0.471 e. The van der Waals surface area contributed by atoms with Crippen molar-refractivity contribution in [2.24, 2.45) is 0 Å². The molecule has 1 fully saturated rings. The standard InChI is InChI=1S/C15H16BrF3N2O2/c16-11-3-1-10(2-4-11)9-13(22)21-7-5-12(6-8-21)20-14(23)15(17,18)19/h1-4,12H,5-9H2,(H,20,23). The number of carbonyl (C=O) groups excluding carboxylic acids is 2. The molecule has 0 bridgehead atoms. The Hall–Kier alpha value is -1.57. The molecule has 1 aliphatic rings. The predicted molar refractivity (Wildman–Crippen MR) is 81.6 cm³/mol. The Morgan fingerprint density at radius 3 is 2.26 bits per heavy atom. The van der Waals surface area contributed by atoms with Crippen LogP contribution in [0.2, 0.25) is 0 Å². The highest BCUT2D eigenvalue weighted by molar-refractivity contribution is 9.10. The van der Waals surface area contributed by atoms with Crippen molar-refractivity contribution in [3.8, 4) is 0 Å². The number of carbonyl (C=O) groups is 2. The Bertz CT molecular complexity index is 567. The predicted octanol–water partition coefficient (Wildman–Crippen LogP) is 2.66. The Labute approximate surface area is 140 Å². The van der Waals surface area contributed by atoms with E-state index in [9.17, 15) is 22.8 Å². The molecule has 1 heterocycles. The highest BCUT2D eigenvalue weighted by atomic mass is 79.9. The van der Waals surface area contributed by atoms with Gasteiger partial charge in [-0.15, -0.1) is 0 Å². The van der Waals surface area contributed by atoms with Crippen LogP contribution in [0.4, 0.5) is 13.2 Å². The zero-order valence-corrected chi connectivity index (χ0v) is 13.8. The molecule has 0 aromatic heterocycles. The van der Waals surface area contributed by atoms with Crippen LogP contribution < -0.4 is 5.32 Å². The van der Waals surface area contributed by atoms with E-state index in [1.165, 1.54) is 0 Å². The fourth-order valence-electron chi connectivity index (χ4n) is 2.43. The number of benzene rings is 1. The van der Waals surface area contributed by atoms with E-state index >= 15 is 0 Å². The molecule has 8 heteroatoms. The van der Waals surface area contributed by atoms with Gasteiger partial charge in [-0.05, 0) is 30.5 Å². The van der Waals surface area contributed by atoms with E-state index in [0.717, 1.165) is 10.0 Å². The molecular weight excluding hydrogens is 377 g/mol. The normalized spacial score (nSPS) is 16.3. The lowest BCUT2D eigenvalue weighted by Crippen LogP contribution is -2.49. The Morgan fingerprint density at radius 2 is 1.74 bits per heavy atom. The van der Waals surface area contributed by atoms with Gasteiger partial charge in [-0.1, -0.05) is 28.1 Å². The van der Waals surface area contributed by atoms with E-state index in [-0.39, 0.29) is 12.3 Å². The van der Waals surface area contributed by atoms with Gasteiger partial charge in [0.1, 0.15) is 0 Å². The summed E-state index contributed by atoms with van der Waals surface area (Å²) < 4.78 is 37.5. The van der Waals surface area contributed by atoms with Crippen molar-refractivity contribution < 1.29 is 22.8 Å². The molecule has 0 saturated carbocycles. The first kappa shape index (κ1) is 17.8. The van der Waals surface area contributed by atoms with Crippen LogP contribution in [0.15, 0.2) is 28.7 Å². The summed E-state index contributed by atoms with van der Waals surface area (Å²) >= 11 is 3.32. The minimum atomic E-state index is -4.87. The molecule has 1 N–H and O–H groups in total. The molecule has 2 amide bonds. The van der Waals surface area contributed by atoms with Crippen LogP contribution in [0.25, 0.3) is 0 Å². The average Bonchev–Trinajstić information content (AvgIpc) is 2.49. The number of amides is 2. The van der Waals surface area contributed by atoms with E-state index in [1.54, 1.807) is 4.90 Å². The third-order valence-electron chi connectivity index (χ3n) is 3.71. The molecule has 1 aromatic carbocycles. The first-order valence-corrected chi connectivity index (χ1v) is 7.95. The smallest absolute Gasteiger partial charge is 0.345 e. The lowest BCUT2D eigenvalue weighted by atomic mass is 10.0. The topological polar surface area (TPSA) is 49.4 Å². The third-order valence-corrected chi connectivity index (χ3v) is 4.24.